The van der Waals surface area contributed by atoms with Gasteiger partial charge in [0.05, 0.1) is 11.4 Å². The Morgan fingerprint density at radius 1 is 1.40 bits per heavy atom. The van der Waals surface area contributed by atoms with Gasteiger partial charge in [-0.25, -0.2) is 4.68 Å². The van der Waals surface area contributed by atoms with Gasteiger partial charge in [0.15, 0.2) is 0 Å². The number of nitrogens with two attached hydrogens (primary N) is 1. The summed E-state index contributed by atoms with van der Waals surface area (Å²) in [5.41, 5.74) is 7.77. The molecule has 1 rings (SSSR count). The zero-order valence-electron chi connectivity index (χ0n) is 10.2. The second-order valence-electron chi connectivity index (χ2n) is 3.91. The van der Waals surface area contributed by atoms with Gasteiger partial charge >= 0.3 is 0 Å². The van der Waals surface area contributed by atoms with Crippen LogP contribution in [0.2, 0.25) is 0 Å². The number of anilines is 2. The molecule has 0 aliphatic rings. The van der Waals surface area contributed by atoms with E-state index in [0.29, 0.717) is 0 Å². The minimum atomic E-state index is 0.815. The van der Waals surface area contributed by atoms with Gasteiger partial charge in [-0.3, -0.25) is 0 Å². The maximum Gasteiger partial charge on any atom is 0.150 e. The lowest BCUT2D eigenvalue weighted by atomic mass is 10.3. The van der Waals surface area contributed by atoms with E-state index >= 15 is 0 Å². The Balaban J connectivity index is 2.90. The quantitative estimate of drug-likeness (QED) is 0.809. The fraction of sp³-hybridized carbons (Fsp3) is 0.727. The van der Waals surface area contributed by atoms with Crippen molar-refractivity contribution >= 4 is 11.5 Å². The lowest BCUT2D eigenvalue weighted by Crippen LogP contribution is -2.22. The number of aromatic nitrogens is 2. The van der Waals surface area contributed by atoms with Crippen LogP contribution in [0.5, 0.6) is 0 Å². The third kappa shape index (κ3) is 2.43. The summed E-state index contributed by atoms with van der Waals surface area (Å²) >= 11 is 0. The van der Waals surface area contributed by atoms with Crippen molar-refractivity contribution in [1.29, 1.82) is 0 Å². The van der Waals surface area contributed by atoms with Gasteiger partial charge in [-0.2, -0.15) is 5.10 Å². The average Bonchev–Trinajstić information content (AvgIpc) is 2.51. The maximum atomic E-state index is 6.03. The molecule has 1 heterocycles. The molecule has 86 valence electrons. The lowest BCUT2D eigenvalue weighted by Gasteiger charge is -2.20. The molecule has 0 unspecified atom stereocenters. The molecule has 0 atom stereocenters. The van der Waals surface area contributed by atoms with Gasteiger partial charge in [0.2, 0.25) is 0 Å². The summed E-state index contributed by atoms with van der Waals surface area (Å²) in [6, 6.07) is 0. The molecule has 4 heteroatoms. The number of nitrogens with zero attached hydrogens (tertiary/aromatic N) is 3. The van der Waals surface area contributed by atoms with Crippen LogP contribution in [0, 0.1) is 6.92 Å². The molecule has 0 aliphatic heterocycles. The second kappa shape index (κ2) is 5.05. The van der Waals surface area contributed by atoms with E-state index in [-0.39, 0.29) is 0 Å². The normalized spacial score (nSPS) is 10.7. The first kappa shape index (κ1) is 11.9. The molecule has 0 amide bonds. The summed E-state index contributed by atoms with van der Waals surface area (Å²) in [6.45, 7) is 8.14. The van der Waals surface area contributed by atoms with Crippen molar-refractivity contribution in [2.24, 2.45) is 0 Å². The monoisotopic (exact) mass is 210 g/mol. The van der Waals surface area contributed by atoms with Crippen LogP contribution in [0.25, 0.3) is 0 Å². The zero-order chi connectivity index (χ0) is 11.4. The highest BCUT2D eigenvalue weighted by Gasteiger charge is 2.14. The van der Waals surface area contributed by atoms with E-state index in [1.807, 2.05) is 11.6 Å². The molecule has 4 nitrogen and oxygen atoms in total. The Kier molecular flexibility index (Phi) is 4.00. The first-order chi connectivity index (χ1) is 7.11. The second-order valence-corrected chi connectivity index (χ2v) is 3.91. The number of hydrogen-bond acceptors (Lipinski definition) is 3. The van der Waals surface area contributed by atoms with Gasteiger partial charge < -0.3 is 10.6 Å². The molecule has 0 fully saturated rings. The van der Waals surface area contributed by atoms with Crippen LogP contribution in [0.15, 0.2) is 0 Å². The van der Waals surface area contributed by atoms with Gasteiger partial charge in [-0.15, -0.1) is 0 Å². The van der Waals surface area contributed by atoms with Crippen LogP contribution in [0.3, 0.4) is 0 Å². The van der Waals surface area contributed by atoms with Gasteiger partial charge in [-0.05, 0) is 20.3 Å². The Hall–Kier alpha value is -1.19. The standard InChI is InChI=1S/C11H22N4/c1-5-7-8-14(4)11-10(12)9(3)13-15(11)6-2/h5-8,12H2,1-4H3. The van der Waals surface area contributed by atoms with E-state index in [4.69, 9.17) is 5.73 Å². The summed E-state index contributed by atoms with van der Waals surface area (Å²) in [6.07, 6.45) is 2.38. The lowest BCUT2D eigenvalue weighted by molar-refractivity contribution is 0.634. The number of aryl methyl sites for hydroxylation is 2. The minimum Gasteiger partial charge on any atom is -0.394 e. The Morgan fingerprint density at radius 3 is 2.60 bits per heavy atom. The minimum absolute atomic E-state index is 0.815. The molecular weight excluding hydrogens is 188 g/mol. The van der Waals surface area contributed by atoms with E-state index < -0.39 is 0 Å². The van der Waals surface area contributed by atoms with Crippen molar-refractivity contribution in [3.05, 3.63) is 5.69 Å². The fourth-order valence-corrected chi connectivity index (χ4v) is 1.71. The molecule has 0 radical (unpaired) electrons. The van der Waals surface area contributed by atoms with Crippen LogP contribution >= 0.6 is 0 Å². The smallest absolute Gasteiger partial charge is 0.150 e. The molecule has 1 aromatic rings. The number of nitrogen functional groups attached to an aromatic ring is 1. The molecule has 0 bridgehead atoms. The van der Waals surface area contributed by atoms with Crippen LogP contribution in [0.1, 0.15) is 32.4 Å². The topological polar surface area (TPSA) is 47.1 Å². The highest BCUT2D eigenvalue weighted by Crippen LogP contribution is 2.25. The third-order valence-corrected chi connectivity index (χ3v) is 2.65. The number of unbranched alkanes of at least 4 members (excludes halogenated alkanes) is 1. The molecule has 1 aromatic heterocycles. The van der Waals surface area contributed by atoms with E-state index in [9.17, 15) is 0 Å². The maximum absolute atomic E-state index is 6.03. The van der Waals surface area contributed by atoms with E-state index in [1.54, 1.807) is 0 Å². The number of rotatable bonds is 5. The van der Waals surface area contributed by atoms with Crippen molar-refractivity contribution < 1.29 is 0 Å². The first-order valence-electron chi connectivity index (χ1n) is 5.65. The third-order valence-electron chi connectivity index (χ3n) is 2.65. The molecule has 0 aliphatic carbocycles. The zero-order valence-corrected chi connectivity index (χ0v) is 10.2. The van der Waals surface area contributed by atoms with Crippen molar-refractivity contribution in [1.82, 2.24) is 9.78 Å². The van der Waals surface area contributed by atoms with Crippen molar-refractivity contribution in [2.75, 3.05) is 24.2 Å². The molecule has 15 heavy (non-hydrogen) atoms. The SMILES string of the molecule is CCCCN(C)c1c(N)c(C)nn1CC. The van der Waals surface area contributed by atoms with Crippen LogP contribution in [-0.4, -0.2) is 23.4 Å². The highest BCUT2D eigenvalue weighted by molar-refractivity contribution is 5.65. The average molecular weight is 210 g/mol. The van der Waals surface area contributed by atoms with Crippen LogP contribution in [0.4, 0.5) is 11.5 Å². The summed E-state index contributed by atoms with van der Waals surface area (Å²) < 4.78 is 1.97. The van der Waals surface area contributed by atoms with Crippen molar-refractivity contribution in [3.63, 3.8) is 0 Å². The van der Waals surface area contributed by atoms with E-state index in [2.05, 4.69) is 30.9 Å². The largest absolute Gasteiger partial charge is 0.394 e. The Bertz CT molecular complexity index is 317. The predicted molar refractivity (Wildman–Crippen MR) is 65.2 cm³/mol. The predicted octanol–water partition coefficient (Wildman–Crippen LogP) is 2.03. The molecule has 0 saturated heterocycles. The molecule has 0 saturated carbocycles. The van der Waals surface area contributed by atoms with Gasteiger partial charge in [0.25, 0.3) is 0 Å². The molecule has 0 spiro atoms. The van der Waals surface area contributed by atoms with Crippen molar-refractivity contribution in [2.45, 2.75) is 40.2 Å². The van der Waals surface area contributed by atoms with Gasteiger partial charge in [0, 0.05) is 20.1 Å². The van der Waals surface area contributed by atoms with Crippen molar-refractivity contribution in [3.8, 4) is 0 Å². The Morgan fingerprint density at radius 2 is 2.07 bits per heavy atom. The molecule has 0 aromatic carbocycles. The van der Waals surface area contributed by atoms with Crippen LogP contribution < -0.4 is 10.6 Å². The van der Waals surface area contributed by atoms with E-state index in [1.165, 1.54) is 12.8 Å². The number of hydrogen-bond donors (Lipinski definition) is 1. The molecule has 2 N–H and O–H groups in total. The molecular formula is C11H22N4. The summed E-state index contributed by atoms with van der Waals surface area (Å²) in [5, 5.41) is 4.41. The van der Waals surface area contributed by atoms with Gasteiger partial charge in [0.1, 0.15) is 5.82 Å². The first-order valence-corrected chi connectivity index (χ1v) is 5.65. The summed E-state index contributed by atoms with van der Waals surface area (Å²) in [4.78, 5) is 2.20. The summed E-state index contributed by atoms with van der Waals surface area (Å²) in [7, 11) is 2.08. The fourth-order valence-electron chi connectivity index (χ4n) is 1.71. The highest BCUT2D eigenvalue weighted by atomic mass is 15.4. The Labute approximate surface area is 92.1 Å². The van der Waals surface area contributed by atoms with E-state index in [0.717, 1.165) is 30.3 Å². The van der Waals surface area contributed by atoms with Gasteiger partial charge in [-0.1, -0.05) is 13.3 Å². The van der Waals surface area contributed by atoms with Crippen LogP contribution in [-0.2, 0) is 6.54 Å². The summed E-state index contributed by atoms with van der Waals surface area (Å²) in [5.74, 6) is 1.06.